The molecular weight excluding hydrogens is 1350 g/mol. The third-order valence-corrected chi connectivity index (χ3v) is 23.4. The van der Waals surface area contributed by atoms with Crippen molar-refractivity contribution < 1.29 is 4.42 Å². The monoisotopic (exact) mass is 1400 g/mol. The van der Waals surface area contributed by atoms with Gasteiger partial charge in [0.1, 0.15) is 11.2 Å². The first-order valence-electron chi connectivity index (χ1n) is 35.8. The van der Waals surface area contributed by atoms with Crippen molar-refractivity contribution in [1.82, 2.24) is 39.0 Å². The Hall–Kier alpha value is -13.8. The van der Waals surface area contributed by atoms with Gasteiger partial charge < -0.3 is 13.6 Å². The summed E-state index contributed by atoms with van der Waals surface area (Å²) < 4.78 is 16.6. The van der Waals surface area contributed by atoms with Crippen molar-refractivity contribution in [2.45, 2.75) is 0 Å². The number of benzene rings is 15. The van der Waals surface area contributed by atoms with Gasteiger partial charge in [0.05, 0.1) is 22.1 Å². The van der Waals surface area contributed by atoms with Gasteiger partial charge in [-0.3, -0.25) is 0 Å². The van der Waals surface area contributed by atoms with Crippen LogP contribution in [0.1, 0.15) is 0 Å². The van der Waals surface area contributed by atoms with E-state index < -0.39 is 0 Å². The highest BCUT2D eigenvalue weighted by Crippen LogP contribution is 2.46. The van der Waals surface area contributed by atoms with Crippen LogP contribution in [0.15, 0.2) is 344 Å². The van der Waals surface area contributed by atoms with Crippen molar-refractivity contribution >= 4 is 129 Å². The molecule has 0 amide bonds. The zero-order valence-electron chi connectivity index (χ0n) is 57.1. The molecule has 0 saturated carbocycles. The van der Waals surface area contributed by atoms with E-state index in [1.807, 2.05) is 114 Å². The Morgan fingerprint density at radius 3 is 1.25 bits per heavy atom. The maximum Gasteiger partial charge on any atom is 0.164 e. The molecule has 22 aromatic rings. The summed E-state index contributed by atoms with van der Waals surface area (Å²) in [5.74, 6) is 3.67. The Balaban J connectivity index is 0.558. The lowest BCUT2D eigenvalue weighted by molar-refractivity contribution is 0.669. The van der Waals surface area contributed by atoms with Crippen molar-refractivity contribution in [3.63, 3.8) is 0 Å². The predicted molar refractivity (Wildman–Crippen MR) is 444 cm³/mol. The normalized spacial score (nSPS) is 11.9. The van der Waals surface area contributed by atoms with Gasteiger partial charge in [-0.15, -0.1) is 22.7 Å². The summed E-state index contributed by atoms with van der Waals surface area (Å²) in [4.78, 5) is 30.5. The van der Waals surface area contributed by atoms with E-state index in [1.54, 1.807) is 0 Å². The molecule has 0 fully saturated rings. The highest BCUT2D eigenvalue weighted by Gasteiger charge is 2.23. The van der Waals surface area contributed by atoms with Crippen molar-refractivity contribution in [3.8, 4) is 113 Å². The van der Waals surface area contributed by atoms with E-state index in [0.717, 1.165) is 100.0 Å². The SMILES string of the molecule is c1ccc(-c2nc(-c3ccc(-c4ccc(-n5c6ccccc6c6cc(-c7cccc8c7sc7cc(-c9nc(-c%10ccccc%10)nc(-c%10ccccc%10)n9)ccc78)ccc65)cc4)cc3)nc(-c3ccc4c(c3)oc3cc(-c5ccc6c(c5)c5cc7sc8ccccc8c7cc5n6-c5ccccc5)ccc34)n2)cc1. The van der Waals surface area contributed by atoms with Crippen LogP contribution in [-0.4, -0.2) is 39.0 Å². The number of thiophene rings is 2. The second-order valence-corrected chi connectivity index (χ2v) is 29.4. The first kappa shape index (κ1) is 60.7. The summed E-state index contributed by atoms with van der Waals surface area (Å²) in [7, 11) is 0. The van der Waals surface area contributed by atoms with Gasteiger partial charge in [-0.2, -0.15) is 0 Å². The van der Waals surface area contributed by atoms with Gasteiger partial charge >= 0.3 is 0 Å². The van der Waals surface area contributed by atoms with Gasteiger partial charge in [0.2, 0.25) is 0 Å². The van der Waals surface area contributed by atoms with Gasteiger partial charge in [0.15, 0.2) is 34.9 Å². The molecular formula is C96H56N8OS2. The standard InChI is InChI=1S/C96H56N8OS2/c1-5-18-59(19-6-1)91-97-92(60-20-7-2-8-21-60)101-96(100-91)67-40-47-75-76-29-17-28-70(90(76)107-88(75)54-67)65-42-49-82-77(51-65)71-26-13-15-30-81(71)103(82)69-43-36-58(37-44-69)57-32-34-62(35-33-57)94-98-93(61-22-9-3-10-23-61)99-95(102-94)66-39-46-73-72-45-38-64(52-85(72)105-86(73)53-66)63-41-48-83-78(50-63)79-56-89-80(74-27-14-16-31-87(74)106-89)55-84(79)104(83)68-24-11-4-12-25-68/h1-56H. The molecule has 0 unspecified atom stereocenters. The molecule has 0 aliphatic rings. The number of para-hydroxylation sites is 2. The van der Waals surface area contributed by atoms with E-state index in [4.69, 9.17) is 34.3 Å². The molecule has 0 bridgehead atoms. The van der Waals surface area contributed by atoms with Gasteiger partial charge in [0, 0.05) is 117 Å². The van der Waals surface area contributed by atoms with E-state index in [0.29, 0.717) is 34.9 Å². The summed E-state index contributed by atoms with van der Waals surface area (Å²) in [6, 6.07) is 121. The molecule has 9 nitrogen and oxygen atoms in total. The highest BCUT2D eigenvalue weighted by molar-refractivity contribution is 7.26. The smallest absolute Gasteiger partial charge is 0.164 e. The predicted octanol–water partition coefficient (Wildman–Crippen LogP) is 25.9. The van der Waals surface area contributed by atoms with Crippen molar-refractivity contribution in [2.75, 3.05) is 0 Å². The maximum atomic E-state index is 6.82. The number of fused-ring (bicyclic) bond motifs is 15. The fourth-order valence-electron chi connectivity index (χ4n) is 15.9. The largest absolute Gasteiger partial charge is 0.456 e. The molecule has 0 saturated heterocycles. The molecule has 0 atom stereocenters. The minimum atomic E-state index is 0.561. The number of rotatable bonds is 11. The maximum absolute atomic E-state index is 6.82. The molecule has 0 aliphatic carbocycles. The average Bonchev–Trinajstić information content (AvgIpc) is 1.57. The van der Waals surface area contributed by atoms with E-state index in [9.17, 15) is 0 Å². The highest BCUT2D eigenvalue weighted by atomic mass is 32.1. The molecule has 0 N–H and O–H groups in total. The summed E-state index contributed by atoms with van der Waals surface area (Å²) in [6.45, 7) is 0. The fourth-order valence-corrected chi connectivity index (χ4v) is 18.3. The van der Waals surface area contributed by atoms with Crippen LogP contribution in [0.5, 0.6) is 0 Å². The lowest BCUT2D eigenvalue weighted by Crippen LogP contribution is -2.00. The zero-order chi connectivity index (χ0) is 70.2. The summed E-state index contributed by atoms with van der Waals surface area (Å²) in [6.07, 6.45) is 0. The Morgan fingerprint density at radius 1 is 0.206 bits per heavy atom. The number of furan rings is 1. The minimum Gasteiger partial charge on any atom is -0.456 e. The van der Waals surface area contributed by atoms with E-state index in [-0.39, 0.29) is 0 Å². The van der Waals surface area contributed by atoms with E-state index in [2.05, 4.69) is 258 Å². The molecule has 0 aliphatic heterocycles. The molecule has 0 radical (unpaired) electrons. The topological polar surface area (TPSA) is 100 Å². The van der Waals surface area contributed by atoms with Gasteiger partial charge in [-0.1, -0.05) is 237 Å². The Bertz CT molecular complexity index is 7290. The number of aromatic nitrogens is 8. The fraction of sp³-hybridized carbons (Fsp3) is 0. The molecule has 0 spiro atoms. The quantitative estimate of drug-likeness (QED) is 0.127. The van der Waals surface area contributed by atoms with Crippen LogP contribution in [0.4, 0.5) is 0 Å². The lowest BCUT2D eigenvalue weighted by Gasteiger charge is -2.11. The zero-order valence-corrected chi connectivity index (χ0v) is 58.8. The third kappa shape index (κ3) is 10.2. The average molecular weight is 1400 g/mol. The Labute approximate surface area is 620 Å². The second-order valence-electron chi connectivity index (χ2n) is 27.3. The van der Waals surface area contributed by atoms with Crippen LogP contribution in [0, 0.1) is 0 Å². The Kier molecular flexibility index (Phi) is 13.8. The molecule has 107 heavy (non-hydrogen) atoms. The van der Waals surface area contributed by atoms with Gasteiger partial charge in [-0.25, -0.2) is 29.9 Å². The summed E-state index contributed by atoms with van der Waals surface area (Å²) >= 11 is 3.67. The molecule has 15 aromatic carbocycles. The first-order valence-corrected chi connectivity index (χ1v) is 37.4. The minimum absolute atomic E-state index is 0.561. The van der Waals surface area contributed by atoms with Crippen LogP contribution in [0.3, 0.4) is 0 Å². The summed E-state index contributed by atoms with van der Waals surface area (Å²) in [5.41, 5.74) is 20.7. The van der Waals surface area contributed by atoms with Crippen LogP contribution in [-0.2, 0) is 0 Å². The number of hydrogen-bond donors (Lipinski definition) is 0. The first-order chi connectivity index (χ1) is 53.0. The summed E-state index contributed by atoms with van der Waals surface area (Å²) in [5, 5.41) is 11.9. The van der Waals surface area contributed by atoms with Crippen molar-refractivity contribution in [2.24, 2.45) is 0 Å². The van der Waals surface area contributed by atoms with E-state index >= 15 is 0 Å². The molecule has 11 heteroatoms. The molecule has 498 valence electrons. The van der Waals surface area contributed by atoms with E-state index in [1.165, 1.54) is 84.0 Å². The third-order valence-electron chi connectivity index (χ3n) is 21.1. The Morgan fingerprint density at radius 2 is 0.607 bits per heavy atom. The molecule has 22 rings (SSSR count). The molecule has 7 aromatic heterocycles. The number of nitrogens with zero attached hydrogens (tertiary/aromatic N) is 8. The van der Waals surface area contributed by atoms with Crippen LogP contribution in [0.2, 0.25) is 0 Å². The van der Waals surface area contributed by atoms with Crippen LogP contribution < -0.4 is 0 Å². The number of hydrogen-bond acceptors (Lipinski definition) is 9. The van der Waals surface area contributed by atoms with Crippen molar-refractivity contribution in [3.05, 3.63) is 340 Å². The van der Waals surface area contributed by atoms with Crippen LogP contribution >= 0.6 is 22.7 Å². The van der Waals surface area contributed by atoms with Gasteiger partial charge in [-0.05, 0) is 137 Å². The van der Waals surface area contributed by atoms with Crippen molar-refractivity contribution in [1.29, 1.82) is 0 Å². The molecule has 7 heterocycles. The second kappa shape index (κ2) is 24.4. The lowest BCUT2D eigenvalue weighted by atomic mass is 10.0. The van der Waals surface area contributed by atoms with Gasteiger partial charge in [0.25, 0.3) is 0 Å². The van der Waals surface area contributed by atoms with Crippen LogP contribution in [0.25, 0.3) is 219 Å².